The Morgan fingerprint density at radius 1 is 1.50 bits per heavy atom. The molecule has 1 rings (SSSR count). The number of nitriles is 1. The molecule has 0 aromatic carbocycles. The SMILES string of the molecule is N#CC=Cc1cnc(Cl)nc1Cl. The quantitative estimate of drug-likeness (QED) is 0.397. The minimum Gasteiger partial charge on any atom is -0.226 e. The summed E-state index contributed by atoms with van der Waals surface area (Å²) in [5.41, 5.74) is 0.572. The maximum atomic E-state index is 8.23. The monoisotopic (exact) mass is 199 g/mol. The van der Waals surface area contributed by atoms with Crippen LogP contribution in [0.15, 0.2) is 12.3 Å². The normalized spacial score (nSPS) is 10.1. The van der Waals surface area contributed by atoms with Crippen molar-refractivity contribution < 1.29 is 0 Å². The molecule has 5 heteroatoms. The summed E-state index contributed by atoms with van der Waals surface area (Å²) in [5, 5.41) is 8.56. The van der Waals surface area contributed by atoms with Gasteiger partial charge in [-0.3, -0.25) is 0 Å². The van der Waals surface area contributed by atoms with Gasteiger partial charge in [0, 0.05) is 17.8 Å². The van der Waals surface area contributed by atoms with Gasteiger partial charge in [-0.25, -0.2) is 9.97 Å². The predicted molar refractivity (Wildman–Crippen MR) is 46.7 cm³/mol. The zero-order valence-corrected chi connectivity index (χ0v) is 7.34. The highest BCUT2D eigenvalue weighted by atomic mass is 35.5. The van der Waals surface area contributed by atoms with Gasteiger partial charge in [0.15, 0.2) is 0 Å². The Balaban J connectivity index is 3.03. The van der Waals surface area contributed by atoms with Crippen molar-refractivity contribution in [2.24, 2.45) is 0 Å². The van der Waals surface area contributed by atoms with Gasteiger partial charge >= 0.3 is 0 Å². The summed E-state index contributed by atoms with van der Waals surface area (Å²) in [6.45, 7) is 0. The maximum absolute atomic E-state index is 8.23. The van der Waals surface area contributed by atoms with Crippen molar-refractivity contribution in [1.29, 1.82) is 5.26 Å². The largest absolute Gasteiger partial charge is 0.226 e. The molecule has 0 saturated heterocycles. The van der Waals surface area contributed by atoms with Crippen LogP contribution in [-0.2, 0) is 0 Å². The highest BCUT2D eigenvalue weighted by Gasteiger charge is 1.99. The molecule has 3 nitrogen and oxygen atoms in total. The number of aromatic nitrogens is 2. The number of nitrogens with zero attached hydrogens (tertiary/aromatic N) is 3. The lowest BCUT2D eigenvalue weighted by molar-refractivity contribution is 1.16. The van der Waals surface area contributed by atoms with Crippen LogP contribution in [0.2, 0.25) is 10.4 Å². The molecule has 60 valence electrons. The zero-order valence-electron chi connectivity index (χ0n) is 5.83. The van der Waals surface area contributed by atoms with Crippen LogP contribution in [0.1, 0.15) is 5.56 Å². The van der Waals surface area contributed by atoms with E-state index in [0.29, 0.717) is 5.56 Å². The molecule has 1 aromatic rings. The number of rotatable bonds is 1. The summed E-state index contributed by atoms with van der Waals surface area (Å²) in [6.07, 6.45) is 4.25. The molecule has 0 saturated carbocycles. The second kappa shape index (κ2) is 4.05. The highest BCUT2D eigenvalue weighted by Crippen LogP contribution is 2.15. The molecule has 0 amide bonds. The van der Waals surface area contributed by atoms with E-state index in [0.717, 1.165) is 0 Å². The molecule has 0 atom stereocenters. The van der Waals surface area contributed by atoms with Crippen LogP contribution in [0, 0.1) is 11.3 Å². The van der Waals surface area contributed by atoms with Crippen LogP contribution in [0.4, 0.5) is 0 Å². The summed E-state index contributed by atoms with van der Waals surface area (Å²) < 4.78 is 0. The molecule has 1 heterocycles. The van der Waals surface area contributed by atoms with Crippen molar-refractivity contribution in [1.82, 2.24) is 9.97 Å². The minimum atomic E-state index is 0.0918. The molecule has 12 heavy (non-hydrogen) atoms. The first-order valence-corrected chi connectivity index (χ1v) is 3.74. The summed E-state index contributed by atoms with van der Waals surface area (Å²) in [7, 11) is 0. The third-order valence-corrected chi connectivity index (χ3v) is 1.56. The lowest BCUT2D eigenvalue weighted by Gasteiger charge is -1.94. The Bertz CT molecular complexity index is 354. The van der Waals surface area contributed by atoms with Crippen LogP contribution in [-0.4, -0.2) is 9.97 Å². The molecule has 1 aromatic heterocycles. The Labute approximate surface area is 79.3 Å². The fourth-order valence-corrected chi connectivity index (χ4v) is 0.958. The first-order chi connectivity index (χ1) is 5.74. The fraction of sp³-hybridized carbons (Fsp3) is 0. The zero-order chi connectivity index (χ0) is 8.97. The second-order valence-electron chi connectivity index (χ2n) is 1.85. The van der Waals surface area contributed by atoms with E-state index in [2.05, 4.69) is 9.97 Å². The molecule has 0 aliphatic heterocycles. The summed E-state index contributed by atoms with van der Waals surface area (Å²) in [4.78, 5) is 7.39. The number of allylic oxidation sites excluding steroid dienone is 1. The topological polar surface area (TPSA) is 49.6 Å². The van der Waals surface area contributed by atoms with Crippen molar-refractivity contribution in [3.05, 3.63) is 28.3 Å². The average molecular weight is 200 g/mol. The number of halogens is 2. The van der Waals surface area contributed by atoms with Crippen LogP contribution < -0.4 is 0 Å². The van der Waals surface area contributed by atoms with E-state index in [1.165, 1.54) is 18.3 Å². The lowest BCUT2D eigenvalue weighted by atomic mass is 10.3. The summed E-state index contributed by atoms with van der Waals surface area (Å²) >= 11 is 11.1. The van der Waals surface area contributed by atoms with Gasteiger partial charge < -0.3 is 0 Å². The average Bonchev–Trinajstić information content (AvgIpc) is 2.03. The van der Waals surface area contributed by atoms with E-state index in [-0.39, 0.29) is 10.4 Å². The van der Waals surface area contributed by atoms with Gasteiger partial charge in [0.25, 0.3) is 0 Å². The molecule has 0 spiro atoms. The third kappa shape index (κ3) is 2.19. The van der Waals surface area contributed by atoms with Crippen LogP contribution in [0.3, 0.4) is 0 Å². The van der Waals surface area contributed by atoms with E-state index in [1.807, 2.05) is 6.07 Å². The molecule has 0 aliphatic carbocycles. The number of hydrogen-bond acceptors (Lipinski definition) is 3. The van der Waals surface area contributed by atoms with Crippen LogP contribution >= 0.6 is 23.2 Å². The van der Waals surface area contributed by atoms with Crippen LogP contribution in [0.5, 0.6) is 0 Å². The van der Waals surface area contributed by atoms with E-state index in [1.54, 1.807) is 0 Å². The van der Waals surface area contributed by atoms with Gasteiger partial charge in [-0.15, -0.1) is 0 Å². The Morgan fingerprint density at radius 3 is 2.83 bits per heavy atom. The molecule has 0 bridgehead atoms. The van der Waals surface area contributed by atoms with Crippen LogP contribution in [0.25, 0.3) is 6.08 Å². The van der Waals surface area contributed by atoms with E-state index in [4.69, 9.17) is 28.5 Å². The maximum Gasteiger partial charge on any atom is 0.223 e. The highest BCUT2D eigenvalue weighted by molar-refractivity contribution is 6.32. The molecular weight excluding hydrogens is 197 g/mol. The van der Waals surface area contributed by atoms with Gasteiger partial charge in [-0.05, 0) is 17.7 Å². The summed E-state index contributed by atoms with van der Waals surface area (Å²) in [5.74, 6) is 0. The van der Waals surface area contributed by atoms with Crippen molar-refractivity contribution in [2.45, 2.75) is 0 Å². The van der Waals surface area contributed by atoms with Gasteiger partial charge in [0.05, 0.1) is 6.07 Å². The molecule has 0 aliphatic rings. The van der Waals surface area contributed by atoms with E-state index >= 15 is 0 Å². The van der Waals surface area contributed by atoms with Crippen molar-refractivity contribution in [2.75, 3.05) is 0 Å². The van der Waals surface area contributed by atoms with E-state index < -0.39 is 0 Å². The molecule has 0 fully saturated rings. The number of hydrogen-bond donors (Lipinski definition) is 0. The first kappa shape index (κ1) is 8.98. The smallest absolute Gasteiger partial charge is 0.223 e. The Hall–Kier alpha value is -1.11. The van der Waals surface area contributed by atoms with Gasteiger partial charge in [-0.1, -0.05) is 11.6 Å². The van der Waals surface area contributed by atoms with Gasteiger partial charge in [0.2, 0.25) is 5.28 Å². The van der Waals surface area contributed by atoms with Crippen molar-refractivity contribution >= 4 is 29.3 Å². The third-order valence-electron chi connectivity index (χ3n) is 1.08. The summed E-state index contributed by atoms with van der Waals surface area (Å²) in [6, 6.07) is 1.83. The second-order valence-corrected chi connectivity index (χ2v) is 2.54. The minimum absolute atomic E-state index is 0.0918. The first-order valence-electron chi connectivity index (χ1n) is 2.98. The van der Waals surface area contributed by atoms with Gasteiger partial charge in [-0.2, -0.15) is 5.26 Å². The molecular formula is C7H3Cl2N3. The van der Waals surface area contributed by atoms with Crippen molar-refractivity contribution in [3.8, 4) is 6.07 Å². The molecule has 0 radical (unpaired) electrons. The van der Waals surface area contributed by atoms with E-state index in [9.17, 15) is 0 Å². The Kier molecular flexibility index (Phi) is 3.03. The lowest BCUT2D eigenvalue weighted by Crippen LogP contribution is -1.85. The standard InChI is InChI=1S/C7H3Cl2N3/c8-6-5(2-1-3-10)4-11-7(9)12-6/h1-2,4H. The van der Waals surface area contributed by atoms with Crippen molar-refractivity contribution in [3.63, 3.8) is 0 Å². The predicted octanol–water partition coefficient (Wildman–Crippen LogP) is 2.32. The van der Waals surface area contributed by atoms with Gasteiger partial charge in [0.1, 0.15) is 5.15 Å². The fourth-order valence-electron chi connectivity index (χ4n) is 0.589. The Morgan fingerprint density at radius 2 is 2.25 bits per heavy atom. The molecule has 0 N–H and O–H groups in total. The molecule has 0 unspecified atom stereocenters.